The Morgan fingerprint density at radius 3 is 2.88 bits per heavy atom. The Kier molecular flexibility index (Phi) is 5.58. The highest BCUT2D eigenvalue weighted by Crippen LogP contribution is 2.16. The van der Waals surface area contributed by atoms with Crippen LogP contribution in [0, 0.1) is 0 Å². The first-order chi connectivity index (χ1) is 12.2. The highest BCUT2D eigenvalue weighted by molar-refractivity contribution is 6.30. The molecule has 3 rings (SSSR count). The van der Waals surface area contributed by atoms with Crippen LogP contribution < -0.4 is 0 Å². The quantitative estimate of drug-likeness (QED) is 0.736. The molecular formula is C19H18ClN3O2. The third-order valence-electron chi connectivity index (χ3n) is 3.84. The summed E-state index contributed by atoms with van der Waals surface area (Å²) in [4.78, 5) is 23.1. The number of halogens is 1. The largest absolute Gasteiger partial charge is 0.396 e. The number of carbonyl (C=O) groups excluding carboxylic acids is 1. The van der Waals surface area contributed by atoms with Gasteiger partial charge >= 0.3 is 0 Å². The number of pyridine rings is 2. The molecule has 0 atom stereocenters. The lowest BCUT2D eigenvalue weighted by Crippen LogP contribution is -2.32. The monoisotopic (exact) mass is 355 g/mol. The highest BCUT2D eigenvalue weighted by atomic mass is 35.5. The minimum Gasteiger partial charge on any atom is -0.396 e. The van der Waals surface area contributed by atoms with Crippen LogP contribution >= 0.6 is 11.6 Å². The van der Waals surface area contributed by atoms with Crippen molar-refractivity contribution < 1.29 is 9.90 Å². The van der Waals surface area contributed by atoms with Crippen molar-refractivity contribution in [1.29, 1.82) is 0 Å². The molecule has 3 aromatic rings. The number of aliphatic hydroxyl groups is 1. The molecule has 0 unspecified atom stereocenters. The first-order valence-corrected chi connectivity index (χ1v) is 8.40. The van der Waals surface area contributed by atoms with Gasteiger partial charge < -0.3 is 10.0 Å². The summed E-state index contributed by atoms with van der Waals surface area (Å²) in [5.41, 5.74) is 2.04. The number of carbonyl (C=O) groups is 1. The molecule has 1 N–H and O–H groups in total. The number of nitrogens with zero attached hydrogens (tertiary/aromatic N) is 3. The van der Waals surface area contributed by atoms with Gasteiger partial charge in [-0.1, -0.05) is 23.7 Å². The fourth-order valence-electron chi connectivity index (χ4n) is 2.62. The van der Waals surface area contributed by atoms with E-state index >= 15 is 0 Å². The molecule has 128 valence electrons. The van der Waals surface area contributed by atoms with Crippen LogP contribution in [0.2, 0.25) is 5.02 Å². The van der Waals surface area contributed by atoms with Crippen LogP contribution in [0.1, 0.15) is 22.5 Å². The molecule has 0 aliphatic heterocycles. The van der Waals surface area contributed by atoms with E-state index in [0.29, 0.717) is 30.2 Å². The first kappa shape index (κ1) is 17.3. The van der Waals surface area contributed by atoms with Crippen molar-refractivity contribution in [2.24, 2.45) is 0 Å². The van der Waals surface area contributed by atoms with E-state index in [1.54, 1.807) is 35.5 Å². The second-order valence-electron chi connectivity index (χ2n) is 5.70. The Morgan fingerprint density at radius 2 is 2.08 bits per heavy atom. The predicted molar refractivity (Wildman–Crippen MR) is 97.4 cm³/mol. The predicted octanol–water partition coefficient (Wildman–Crippen LogP) is 3.31. The van der Waals surface area contributed by atoms with Gasteiger partial charge in [-0.3, -0.25) is 9.78 Å². The van der Waals surface area contributed by atoms with Crippen LogP contribution in [-0.4, -0.2) is 39.0 Å². The molecule has 0 spiro atoms. The molecule has 1 amide bonds. The van der Waals surface area contributed by atoms with Crippen LogP contribution in [0.25, 0.3) is 10.9 Å². The molecule has 25 heavy (non-hydrogen) atoms. The van der Waals surface area contributed by atoms with Crippen molar-refractivity contribution in [2.45, 2.75) is 13.0 Å². The van der Waals surface area contributed by atoms with E-state index in [2.05, 4.69) is 9.97 Å². The second-order valence-corrected chi connectivity index (χ2v) is 6.14. The van der Waals surface area contributed by atoms with Crippen LogP contribution in [0.15, 0.2) is 54.9 Å². The smallest absolute Gasteiger partial charge is 0.272 e. The molecule has 0 aliphatic carbocycles. The zero-order valence-electron chi connectivity index (χ0n) is 13.6. The lowest BCUT2D eigenvalue weighted by molar-refractivity contribution is 0.0726. The van der Waals surface area contributed by atoms with Gasteiger partial charge in [0.15, 0.2) is 0 Å². The maximum Gasteiger partial charge on any atom is 0.272 e. The van der Waals surface area contributed by atoms with Crippen LogP contribution in [0.4, 0.5) is 0 Å². The third kappa shape index (κ3) is 4.32. The summed E-state index contributed by atoms with van der Waals surface area (Å²) in [5, 5.41) is 10.7. The SMILES string of the molecule is O=C(c1ccc2cnccc2n1)N(CCCO)Cc1cccc(Cl)c1. The summed E-state index contributed by atoms with van der Waals surface area (Å²) < 4.78 is 0. The van der Waals surface area contributed by atoms with E-state index in [4.69, 9.17) is 16.7 Å². The van der Waals surface area contributed by atoms with Gasteiger partial charge in [0.2, 0.25) is 0 Å². The zero-order chi connectivity index (χ0) is 17.6. The number of rotatable bonds is 6. The molecule has 0 bridgehead atoms. The number of aromatic nitrogens is 2. The van der Waals surface area contributed by atoms with Crippen LogP contribution in [0.3, 0.4) is 0 Å². The molecule has 1 aromatic carbocycles. The fourth-order valence-corrected chi connectivity index (χ4v) is 2.83. The number of amides is 1. The van der Waals surface area contributed by atoms with Crippen molar-refractivity contribution in [3.05, 3.63) is 71.1 Å². The van der Waals surface area contributed by atoms with Gasteiger partial charge in [-0.05, 0) is 42.3 Å². The molecule has 0 saturated heterocycles. The van der Waals surface area contributed by atoms with Crippen molar-refractivity contribution in [1.82, 2.24) is 14.9 Å². The first-order valence-electron chi connectivity index (χ1n) is 8.03. The summed E-state index contributed by atoms with van der Waals surface area (Å²) in [6, 6.07) is 12.7. The molecule has 6 heteroatoms. The topological polar surface area (TPSA) is 66.3 Å². The summed E-state index contributed by atoms with van der Waals surface area (Å²) in [6.45, 7) is 0.878. The van der Waals surface area contributed by atoms with Gasteiger partial charge in [-0.15, -0.1) is 0 Å². The normalized spacial score (nSPS) is 10.8. The average molecular weight is 356 g/mol. The summed E-state index contributed by atoms with van der Waals surface area (Å²) in [5.74, 6) is -0.174. The minimum absolute atomic E-state index is 0.0240. The molecule has 0 saturated carbocycles. The Hall–Kier alpha value is -2.50. The van der Waals surface area contributed by atoms with Gasteiger partial charge in [-0.25, -0.2) is 4.98 Å². The number of hydrogen-bond acceptors (Lipinski definition) is 4. The second kappa shape index (κ2) is 8.05. The molecule has 0 aliphatic rings. The average Bonchev–Trinajstić information content (AvgIpc) is 2.64. The van der Waals surface area contributed by atoms with Crippen molar-refractivity contribution >= 4 is 28.4 Å². The molecule has 5 nitrogen and oxygen atoms in total. The van der Waals surface area contributed by atoms with Gasteiger partial charge in [-0.2, -0.15) is 0 Å². The number of benzene rings is 1. The molecule has 0 radical (unpaired) electrons. The van der Waals surface area contributed by atoms with Crippen LogP contribution in [0.5, 0.6) is 0 Å². The minimum atomic E-state index is -0.174. The fraction of sp³-hybridized carbons (Fsp3) is 0.211. The Labute approximate surface area is 150 Å². The Bertz CT molecular complexity index is 885. The Balaban J connectivity index is 1.86. The lowest BCUT2D eigenvalue weighted by atomic mass is 10.2. The molecule has 2 heterocycles. The number of fused-ring (bicyclic) bond motifs is 1. The van der Waals surface area contributed by atoms with Gasteiger partial charge in [0, 0.05) is 42.5 Å². The van der Waals surface area contributed by atoms with E-state index in [9.17, 15) is 4.79 Å². The number of aliphatic hydroxyl groups excluding tert-OH is 1. The summed E-state index contributed by atoms with van der Waals surface area (Å²) in [7, 11) is 0. The molecular weight excluding hydrogens is 338 g/mol. The third-order valence-corrected chi connectivity index (χ3v) is 4.08. The van der Waals surface area contributed by atoms with Crippen LogP contribution in [-0.2, 0) is 6.54 Å². The van der Waals surface area contributed by atoms with E-state index in [-0.39, 0.29) is 12.5 Å². The van der Waals surface area contributed by atoms with E-state index in [1.165, 1.54) is 0 Å². The zero-order valence-corrected chi connectivity index (χ0v) is 14.4. The highest BCUT2D eigenvalue weighted by Gasteiger charge is 2.17. The van der Waals surface area contributed by atoms with Crippen molar-refractivity contribution in [3.8, 4) is 0 Å². The van der Waals surface area contributed by atoms with Gasteiger partial charge in [0.05, 0.1) is 5.52 Å². The number of hydrogen-bond donors (Lipinski definition) is 1. The standard InChI is InChI=1S/C19H18ClN3O2/c20-16-4-1-3-14(11-16)13-23(9-2-10-24)19(25)18-6-5-15-12-21-8-7-17(15)22-18/h1,3-8,11-12,24H,2,9-10,13H2. The molecule has 2 aromatic heterocycles. The summed E-state index contributed by atoms with van der Waals surface area (Å²) in [6.07, 6.45) is 3.87. The summed E-state index contributed by atoms with van der Waals surface area (Å²) >= 11 is 6.03. The van der Waals surface area contributed by atoms with E-state index in [0.717, 1.165) is 16.5 Å². The van der Waals surface area contributed by atoms with Gasteiger partial charge in [0.1, 0.15) is 5.69 Å². The van der Waals surface area contributed by atoms with Crippen molar-refractivity contribution in [3.63, 3.8) is 0 Å². The Morgan fingerprint density at radius 1 is 1.20 bits per heavy atom. The maximum atomic E-state index is 12.9. The van der Waals surface area contributed by atoms with Crippen molar-refractivity contribution in [2.75, 3.05) is 13.2 Å². The van der Waals surface area contributed by atoms with E-state index < -0.39 is 0 Å². The maximum absolute atomic E-state index is 12.9. The van der Waals surface area contributed by atoms with E-state index in [1.807, 2.05) is 24.3 Å². The van der Waals surface area contributed by atoms with Gasteiger partial charge in [0.25, 0.3) is 5.91 Å². The molecule has 0 fully saturated rings. The lowest BCUT2D eigenvalue weighted by Gasteiger charge is -2.22.